The Bertz CT molecular complexity index is 822. The van der Waals surface area contributed by atoms with Crippen LogP contribution in [0, 0.1) is 6.92 Å². The number of fused-ring (bicyclic) bond motifs is 2. The molecule has 112 valence electrons. The highest BCUT2D eigenvalue weighted by Crippen LogP contribution is 2.30. The summed E-state index contributed by atoms with van der Waals surface area (Å²) in [6.07, 6.45) is 6.61. The van der Waals surface area contributed by atoms with E-state index in [-0.39, 0.29) is 0 Å². The Morgan fingerprint density at radius 1 is 1.09 bits per heavy atom. The van der Waals surface area contributed by atoms with Gasteiger partial charge in [0.25, 0.3) is 0 Å². The summed E-state index contributed by atoms with van der Waals surface area (Å²) in [6, 6.07) is 8.57. The summed E-state index contributed by atoms with van der Waals surface area (Å²) in [6.45, 7) is 2.78. The molecule has 0 radical (unpaired) electrons. The molecule has 22 heavy (non-hydrogen) atoms. The summed E-state index contributed by atoms with van der Waals surface area (Å²) in [5.74, 6) is 1.93. The fourth-order valence-corrected chi connectivity index (χ4v) is 3.05. The van der Waals surface area contributed by atoms with Gasteiger partial charge in [-0.05, 0) is 61.9 Å². The molecule has 1 aliphatic rings. The zero-order valence-corrected chi connectivity index (χ0v) is 12.7. The van der Waals surface area contributed by atoms with Crippen molar-refractivity contribution in [1.82, 2.24) is 15.0 Å². The van der Waals surface area contributed by atoms with Crippen LogP contribution in [-0.2, 0) is 6.42 Å². The number of H-pyrrole nitrogens is 1. The summed E-state index contributed by atoms with van der Waals surface area (Å²) in [5, 5.41) is 0. The molecule has 4 rings (SSSR count). The molecule has 0 amide bonds. The van der Waals surface area contributed by atoms with Crippen molar-refractivity contribution in [2.75, 3.05) is 6.61 Å². The minimum atomic E-state index is 0.774. The Morgan fingerprint density at radius 2 is 2.05 bits per heavy atom. The standard InChI is InChI=1S/C18H19N3O/c1-12-20-16-10-15(11-19-18(16)21-12)13-6-7-17-14(9-13)5-3-2-4-8-22-17/h6-7,9-11H,2-5,8H2,1H3,(H,19,20,21). The maximum atomic E-state index is 5.86. The van der Waals surface area contributed by atoms with Gasteiger partial charge in [0.15, 0.2) is 5.65 Å². The summed E-state index contributed by atoms with van der Waals surface area (Å²) < 4.78 is 5.86. The van der Waals surface area contributed by atoms with Crippen LogP contribution >= 0.6 is 0 Å². The van der Waals surface area contributed by atoms with Crippen LogP contribution < -0.4 is 4.74 Å². The molecule has 1 aromatic carbocycles. The predicted octanol–water partition coefficient (Wildman–Crippen LogP) is 4.04. The highest BCUT2D eigenvalue weighted by Gasteiger charge is 2.10. The first kappa shape index (κ1) is 13.3. The van der Waals surface area contributed by atoms with Crippen LogP contribution in [0.15, 0.2) is 30.5 Å². The second-order valence-corrected chi connectivity index (χ2v) is 5.90. The monoisotopic (exact) mass is 293 g/mol. The molecule has 1 N–H and O–H groups in total. The van der Waals surface area contributed by atoms with Gasteiger partial charge in [0, 0.05) is 11.8 Å². The van der Waals surface area contributed by atoms with E-state index in [4.69, 9.17) is 4.74 Å². The fraction of sp³-hybridized carbons (Fsp3) is 0.333. The molecule has 0 aliphatic carbocycles. The van der Waals surface area contributed by atoms with Crippen molar-refractivity contribution < 1.29 is 4.74 Å². The first-order chi connectivity index (χ1) is 10.8. The largest absolute Gasteiger partial charge is 0.493 e. The number of benzene rings is 1. The molecular formula is C18H19N3O. The van der Waals surface area contributed by atoms with Crippen LogP contribution in [0.25, 0.3) is 22.3 Å². The number of hydrogen-bond donors (Lipinski definition) is 1. The average molecular weight is 293 g/mol. The maximum absolute atomic E-state index is 5.86. The van der Waals surface area contributed by atoms with Gasteiger partial charge in [0.2, 0.25) is 0 Å². The van der Waals surface area contributed by atoms with Crippen LogP contribution in [0.3, 0.4) is 0 Å². The number of ether oxygens (including phenoxy) is 1. The lowest BCUT2D eigenvalue weighted by atomic mass is 9.99. The number of nitrogens with zero attached hydrogens (tertiary/aromatic N) is 2. The molecule has 4 heteroatoms. The summed E-state index contributed by atoms with van der Waals surface area (Å²) in [5.41, 5.74) is 5.36. The van der Waals surface area contributed by atoms with Gasteiger partial charge in [0.1, 0.15) is 11.6 Å². The molecule has 0 saturated carbocycles. The van der Waals surface area contributed by atoms with Crippen molar-refractivity contribution in [2.24, 2.45) is 0 Å². The Morgan fingerprint density at radius 3 is 3.00 bits per heavy atom. The quantitative estimate of drug-likeness (QED) is 0.736. The molecule has 0 spiro atoms. The van der Waals surface area contributed by atoms with Crippen molar-refractivity contribution in [3.8, 4) is 16.9 Å². The van der Waals surface area contributed by atoms with Gasteiger partial charge in [0.05, 0.1) is 12.1 Å². The van der Waals surface area contributed by atoms with E-state index in [1.54, 1.807) is 0 Å². The Labute approximate surface area is 129 Å². The van der Waals surface area contributed by atoms with Crippen LogP contribution in [0.1, 0.15) is 30.7 Å². The molecule has 0 bridgehead atoms. The van der Waals surface area contributed by atoms with Crippen LogP contribution in [0.5, 0.6) is 5.75 Å². The van der Waals surface area contributed by atoms with Crippen molar-refractivity contribution in [1.29, 1.82) is 0 Å². The Kier molecular flexibility index (Phi) is 3.29. The lowest BCUT2D eigenvalue weighted by molar-refractivity contribution is 0.294. The molecule has 3 heterocycles. The number of nitrogens with one attached hydrogen (secondary N) is 1. The Balaban J connectivity index is 1.75. The van der Waals surface area contributed by atoms with Gasteiger partial charge in [-0.3, -0.25) is 0 Å². The van der Waals surface area contributed by atoms with E-state index >= 15 is 0 Å². The van der Waals surface area contributed by atoms with E-state index in [9.17, 15) is 0 Å². The van der Waals surface area contributed by atoms with Gasteiger partial charge in [-0.1, -0.05) is 6.07 Å². The molecule has 2 aromatic heterocycles. The predicted molar refractivity (Wildman–Crippen MR) is 87.1 cm³/mol. The number of imidazole rings is 1. The lowest BCUT2D eigenvalue weighted by Crippen LogP contribution is -2.04. The lowest BCUT2D eigenvalue weighted by Gasteiger charge is -2.16. The third-order valence-electron chi connectivity index (χ3n) is 4.20. The van der Waals surface area contributed by atoms with Crippen LogP contribution in [-0.4, -0.2) is 21.6 Å². The normalized spacial score (nSPS) is 15.0. The number of pyridine rings is 1. The summed E-state index contributed by atoms with van der Waals surface area (Å²) in [4.78, 5) is 12.1. The average Bonchev–Trinajstić information content (AvgIpc) is 2.87. The third-order valence-corrected chi connectivity index (χ3v) is 4.20. The first-order valence-electron chi connectivity index (χ1n) is 7.88. The van der Waals surface area contributed by atoms with E-state index in [0.29, 0.717) is 0 Å². The highest BCUT2D eigenvalue weighted by molar-refractivity contribution is 5.78. The minimum Gasteiger partial charge on any atom is -0.493 e. The van der Waals surface area contributed by atoms with Gasteiger partial charge in [-0.25, -0.2) is 9.97 Å². The van der Waals surface area contributed by atoms with E-state index in [2.05, 4.69) is 39.2 Å². The number of aromatic nitrogens is 3. The second kappa shape index (κ2) is 5.44. The van der Waals surface area contributed by atoms with Gasteiger partial charge < -0.3 is 9.72 Å². The van der Waals surface area contributed by atoms with Crippen molar-refractivity contribution in [3.63, 3.8) is 0 Å². The van der Waals surface area contributed by atoms with Gasteiger partial charge in [-0.2, -0.15) is 0 Å². The zero-order valence-electron chi connectivity index (χ0n) is 12.7. The summed E-state index contributed by atoms with van der Waals surface area (Å²) >= 11 is 0. The third kappa shape index (κ3) is 2.45. The van der Waals surface area contributed by atoms with Crippen molar-refractivity contribution >= 4 is 11.2 Å². The SMILES string of the molecule is Cc1nc2ncc(-c3ccc4c(c3)CCCCCO4)cc2[nH]1. The molecule has 0 fully saturated rings. The second-order valence-electron chi connectivity index (χ2n) is 5.90. The number of aromatic amines is 1. The summed E-state index contributed by atoms with van der Waals surface area (Å²) in [7, 11) is 0. The van der Waals surface area contributed by atoms with Crippen LogP contribution in [0.2, 0.25) is 0 Å². The molecular weight excluding hydrogens is 274 g/mol. The molecule has 0 atom stereocenters. The molecule has 1 aliphatic heterocycles. The molecule has 3 aromatic rings. The highest BCUT2D eigenvalue weighted by atomic mass is 16.5. The topological polar surface area (TPSA) is 50.8 Å². The minimum absolute atomic E-state index is 0.774. The number of rotatable bonds is 1. The number of hydrogen-bond acceptors (Lipinski definition) is 3. The molecule has 0 unspecified atom stereocenters. The van der Waals surface area contributed by atoms with E-state index < -0.39 is 0 Å². The van der Waals surface area contributed by atoms with Gasteiger partial charge in [-0.15, -0.1) is 0 Å². The fourth-order valence-electron chi connectivity index (χ4n) is 3.05. The first-order valence-corrected chi connectivity index (χ1v) is 7.88. The molecule has 4 nitrogen and oxygen atoms in total. The number of aryl methyl sites for hydroxylation is 2. The smallest absolute Gasteiger partial charge is 0.177 e. The maximum Gasteiger partial charge on any atom is 0.177 e. The van der Waals surface area contributed by atoms with Crippen molar-refractivity contribution in [2.45, 2.75) is 32.6 Å². The van der Waals surface area contributed by atoms with E-state index in [0.717, 1.165) is 47.7 Å². The van der Waals surface area contributed by atoms with Gasteiger partial charge >= 0.3 is 0 Å². The zero-order chi connectivity index (χ0) is 14.9. The van der Waals surface area contributed by atoms with Crippen molar-refractivity contribution in [3.05, 3.63) is 41.9 Å². The van der Waals surface area contributed by atoms with E-state index in [1.165, 1.54) is 24.0 Å². The molecule has 0 saturated heterocycles. The van der Waals surface area contributed by atoms with Crippen LogP contribution in [0.4, 0.5) is 0 Å². The Hall–Kier alpha value is -2.36. The van der Waals surface area contributed by atoms with E-state index in [1.807, 2.05) is 13.1 Å².